The minimum Gasteiger partial charge on any atom is -0.482 e. The fourth-order valence-electron chi connectivity index (χ4n) is 1.70. The highest BCUT2D eigenvalue weighted by molar-refractivity contribution is 6.35. The van der Waals surface area contributed by atoms with Gasteiger partial charge in [-0.05, 0) is 18.2 Å². The molecule has 2 aromatic rings. The van der Waals surface area contributed by atoms with E-state index in [1.807, 2.05) is 0 Å². The van der Waals surface area contributed by atoms with Crippen molar-refractivity contribution < 1.29 is 9.53 Å². The zero-order valence-corrected chi connectivity index (χ0v) is 15.0. The van der Waals surface area contributed by atoms with Crippen LogP contribution in [0.15, 0.2) is 24.5 Å². The Balaban J connectivity index is 1.89. The molecule has 1 aromatic heterocycles. The number of hydrazine groups is 2. The SMILES string of the molecule is CN(C)Nc1ncnc(NNC(=O)COc2ccc(Cl)cc2Cl)c1N. The van der Waals surface area contributed by atoms with Gasteiger partial charge in [-0.25, -0.2) is 15.0 Å². The van der Waals surface area contributed by atoms with Crippen LogP contribution in [0.2, 0.25) is 10.0 Å². The Morgan fingerprint density at radius 1 is 1.28 bits per heavy atom. The third-order valence-electron chi connectivity index (χ3n) is 2.79. The first-order valence-corrected chi connectivity index (χ1v) is 7.79. The molecule has 0 saturated carbocycles. The Kier molecular flexibility index (Phi) is 6.45. The Morgan fingerprint density at radius 3 is 2.68 bits per heavy atom. The van der Waals surface area contributed by atoms with Gasteiger partial charge in [-0.3, -0.25) is 15.6 Å². The molecule has 0 fully saturated rings. The number of benzene rings is 1. The number of carbonyl (C=O) groups is 1. The Hall–Kier alpha value is -2.49. The second-order valence-corrected chi connectivity index (χ2v) is 5.87. The molecule has 11 heteroatoms. The lowest BCUT2D eigenvalue weighted by molar-refractivity contribution is -0.122. The zero-order valence-electron chi connectivity index (χ0n) is 13.5. The number of amides is 1. The lowest BCUT2D eigenvalue weighted by Gasteiger charge is -2.16. The van der Waals surface area contributed by atoms with Crippen LogP contribution in [0.4, 0.5) is 17.3 Å². The zero-order chi connectivity index (χ0) is 18.4. The van der Waals surface area contributed by atoms with Crippen molar-refractivity contribution in [3.8, 4) is 5.75 Å². The van der Waals surface area contributed by atoms with Gasteiger partial charge in [0.15, 0.2) is 18.2 Å². The molecule has 0 atom stereocenters. The lowest BCUT2D eigenvalue weighted by Crippen LogP contribution is -2.34. The van der Waals surface area contributed by atoms with E-state index in [0.29, 0.717) is 21.6 Å². The summed E-state index contributed by atoms with van der Waals surface area (Å²) in [7, 11) is 3.57. The second kappa shape index (κ2) is 8.56. The molecule has 2 rings (SSSR count). The van der Waals surface area contributed by atoms with E-state index in [-0.39, 0.29) is 18.1 Å². The topological polar surface area (TPSA) is 117 Å². The van der Waals surface area contributed by atoms with E-state index in [4.69, 9.17) is 33.7 Å². The van der Waals surface area contributed by atoms with Crippen molar-refractivity contribution in [2.75, 3.05) is 37.3 Å². The van der Waals surface area contributed by atoms with Crippen molar-refractivity contribution in [2.24, 2.45) is 0 Å². The monoisotopic (exact) mass is 385 g/mol. The van der Waals surface area contributed by atoms with Gasteiger partial charge >= 0.3 is 0 Å². The smallest absolute Gasteiger partial charge is 0.276 e. The summed E-state index contributed by atoms with van der Waals surface area (Å²) >= 11 is 11.8. The average Bonchev–Trinajstić information content (AvgIpc) is 2.54. The number of anilines is 3. The predicted octanol–water partition coefficient (Wildman–Crippen LogP) is 1.78. The normalized spacial score (nSPS) is 10.4. The van der Waals surface area contributed by atoms with Crippen molar-refractivity contribution in [1.29, 1.82) is 0 Å². The summed E-state index contributed by atoms with van der Waals surface area (Å²) in [6.07, 6.45) is 1.31. The van der Waals surface area contributed by atoms with Gasteiger partial charge in [-0.15, -0.1) is 0 Å². The molecule has 0 spiro atoms. The van der Waals surface area contributed by atoms with Crippen LogP contribution in [0, 0.1) is 0 Å². The molecule has 9 nitrogen and oxygen atoms in total. The molecule has 1 heterocycles. The van der Waals surface area contributed by atoms with Gasteiger partial charge in [0.05, 0.1) is 5.02 Å². The van der Waals surface area contributed by atoms with Crippen LogP contribution in [0.25, 0.3) is 0 Å². The van der Waals surface area contributed by atoms with Crippen LogP contribution in [0.3, 0.4) is 0 Å². The Bertz CT molecular complexity index is 758. The Morgan fingerprint density at radius 2 is 2.00 bits per heavy atom. The molecule has 134 valence electrons. The molecular formula is C14H17Cl2N7O2. The number of halogens is 2. The van der Waals surface area contributed by atoms with E-state index in [9.17, 15) is 4.79 Å². The van der Waals surface area contributed by atoms with E-state index in [0.717, 1.165) is 0 Å². The molecule has 0 radical (unpaired) electrons. The minimum absolute atomic E-state index is 0.247. The molecule has 1 amide bonds. The van der Waals surface area contributed by atoms with Gasteiger partial charge in [-0.1, -0.05) is 23.2 Å². The van der Waals surface area contributed by atoms with Gasteiger partial charge < -0.3 is 15.9 Å². The number of hydrogen-bond donors (Lipinski definition) is 4. The van der Waals surface area contributed by atoms with Crippen LogP contribution in [0.1, 0.15) is 0 Å². The number of nitrogen functional groups attached to an aromatic ring is 1. The van der Waals surface area contributed by atoms with Gasteiger partial charge in [0.1, 0.15) is 17.8 Å². The number of carbonyl (C=O) groups excluding carboxylic acids is 1. The second-order valence-electron chi connectivity index (χ2n) is 5.03. The van der Waals surface area contributed by atoms with Crippen LogP contribution >= 0.6 is 23.2 Å². The van der Waals surface area contributed by atoms with Crippen molar-refractivity contribution in [2.45, 2.75) is 0 Å². The fourth-order valence-corrected chi connectivity index (χ4v) is 2.16. The average molecular weight is 386 g/mol. The standard InChI is InChI=1S/C14H17Cl2N7O2/c1-23(2)22-14-12(17)13(18-7-19-14)21-20-11(24)6-25-10-4-3-8(15)5-9(10)16/h3-5,7H,6,17H2,1-2H3,(H,20,24)(H2,18,19,21,22). The number of nitrogens with two attached hydrogens (primary N) is 1. The fraction of sp³-hybridized carbons (Fsp3) is 0.214. The summed E-state index contributed by atoms with van der Waals surface area (Å²) in [4.78, 5) is 19.8. The minimum atomic E-state index is -0.453. The third-order valence-corrected chi connectivity index (χ3v) is 3.32. The number of nitrogens with one attached hydrogen (secondary N) is 3. The van der Waals surface area contributed by atoms with Crippen LogP contribution < -0.4 is 26.7 Å². The molecule has 0 unspecified atom stereocenters. The number of aromatic nitrogens is 2. The summed E-state index contributed by atoms with van der Waals surface area (Å²) in [6.45, 7) is -0.262. The maximum absolute atomic E-state index is 11.9. The maximum atomic E-state index is 11.9. The van der Waals surface area contributed by atoms with E-state index < -0.39 is 5.91 Å². The summed E-state index contributed by atoms with van der Waals surface area (Å²) in [5, 5.41) is 2.46. The van der Waals surface area contributed by atoms with Crippen molar-refractivity contribution in [3.63, 3.8) is 0 Å². The van der Waals surface area contributed by atoms with E-state index in [2.05, 4.69) is 26.2 Å². The van der Waals surface area contributed by atoms with Crippen molar-refractivity contribution in [1.82, 2.24) is 20.4 Å². The first-order valence-electron chi connectivity index (χ1n) is 7.04. The largest absolute Gasteiger partial charge is 0.482 e. The molecule has 0 saturated heterocycles. The van der Waals surface area contributed by atoms with E-state index in [1.54, 1.807) is 31.2 Å². The van der Waals surface area contributed by atoms with Gasteiger partial charge in [0.25, 0.3) is 5.91 Å². The molecule has 0 aliphatic heterocycles. The first-order chi connectivity index (χ1) is 11.9. The quantitative estimate of drug-likeness (QED) is 0.532. The molecular weight excluding hydrogens is 369 g/mol. The lowest BCUT2D eigenvalue weighted by atomic mass is 10.3. The first kappa shape index (κ1) is 18.8. The highest BCUT2D eigenvalue weighted by Crippen LogP contribution is 2.27. The van der Waals surface area contributed by atoms with Gasteiger partial charge in [-0.2, -0.15) is 0 Å². The molecule has 5 N–H and O–H groups in total. The van der Waals surface area contributed by atoms with Crippen LogP contribution in [0.5, 0.6) is 5.75 Å². The summed E-state index contributed by atoms with van der Waals surface area (Å²) < 4.78 is 5.32. The number of rotatable bonds is 7. The molecule has 25 heavy (non-hydrogen) atoms. The van der Waals surface area contributed by atoms with E-state index in [1.165, 1.54) is 12.4 Å². The van der Waals surface area contributed by atoms with Gasteiger partial charge in [0, 0.05) is 19.1 Å². The third kappa shape index (κ3) is 5.52. The van der Waals surface area contributed by atoms with E-state index >= 15 is 0 Å². The number of nitrogens with zero attached hydrogens (tertiary/aromatic N) is 3. The molecule has 0 bridgehead atoms. The Labute approximate surface area is 154 Å². The summed E-state index contributed by atoms with van der Waals surface area (Å²) in [6, 6.07) is 4.71. The number of ether oxygens (including phenoxy) is 1. The summed E-state index contributed by atoms with van der Waals surface area (Å²) in [5.41, 5.74) is 14.1. The summed E-state index contributed by atoms with van der Waals surface area (Å²) in [5.74, 6) is 0.546. The van der Waals surface area contributed by atoms with Crippen molar-refractivity contribution in [3.05, 3.63) is 34.6 Å². The van der Waals surface area contributed by atoms with Crippen LogP contribution in [-0.4, -0.2) is 41.6 Å². The highest BCUT2D eigenvalue weighted by atomic mass is 35.5. The molecule has 1 aromatic carbocycles. The maximum Gasteiger partial charge on any atom is 0.276 e. The molecule has 0 aliphatic rings. The molecule has 0 aliphatic carbocycles. The predicted molar refractivity (Wildman–Crippen MR) is 97.5 cm³/mol. The number of hydrogen-bond acceptors (Lipinski definition) is 8. The van der Waals surface area contributed by atoms with Gasteiger partial charge in [0.2, 0.25) is 0 Å². The van der Waals surface area contributed by atoms with Crippen LogP contribution in [-0.2, 0) is 4.79 Å². The van der Waals surface area contributed by atoms with Crippen molar-refractivity contribution >= 4 is 46.4 Å². The highest BCUT2D eigenvalue weighted by Gasteiger charge is 2.10.